The Hall–Kier alpha value is -2.21. The molecule has 2 aromatic rings. The van der Waals surface area contributed by atoms with Gasteiger partial charge in [0.05, 0.1) is 0 Å². The number of anilines is 1. The number of benzene rings is 1. The summed E-state index contributed by atoms with van der Waals surface area (Å²) in [6, 6.07) is 9.86. The quantitative estimate of drug-likeness (QED) is 0.847. The van der Waals surface area contributed by atoms with E-state index in [-0.39, 0.29) is 11.8 Å². The number of thiazole rings is 1. The van der Waals surface area contributed by atoms with Gasteiger partial charge in [0.25, 0.3) is 5.91 Å². The number of aryl methyl sites for hydroxylation is 1. The Morgan fingerprint density at radius 3 is 2.52 bits per heavy atom. The highest BCUT2D eigenvalue weighted by Gasteiger charge is 2.16. The molecule has 122 valence electrons. The Morgan fingerprint density at radius 1 is 1.17 bits per heavy atom. The molecule has 23 heavy (non-hydrogen) atoms. The topological polar surface area (TPSA) is 62.3 Å². The van der Waals surface area contributed by atoms with Crippen molar-refractivity contribution in [2.75, 3.05) is 18.4 Å². The molecule has 0 fully saturated rings. The number of nitrogens with one attached hydrogen (secondary N) is 1. The average molecular weight is 331 g/mol. The molecule has 2 rings (SSSR count). The Kier molecular flexibility index (Phi) is 6.29. The lowest BCUT2D eigenvalue weighted by Crippen LogP contribution is -2.30. The van der Waals surface area contributed by atoms with Gasteiger partial charge in [-0.25, -0.2) is 4.98 Å². The van der Waals surface area contributed by atoms with E-state index in [4.69, 9.17) is 0 Å². The number of aromatic nitrogens is 1. The first-order chi connectivity index (χ1) is 11.1. The molecular formula is C17H21N3O2S. The zero-order chi connectivity index (χ0) is 16.7. The second-order valence-electron chi connectivity index (χ2n) is 5.05. The molecule has 1 heterocycles. The molecule has 0 aliphatic heterocycles. The number of carbonyl (C=O) groups excluding carboxylic acids is 2. The second-order valence-corrected chi connectivity index (χ2v) is 5.91. The lowest BCUT2D eigenvalue weighted by molar-refractivity contribution is -0.116. The number of hydrogen-bond acceptors (Lipinski definition) is 4. The summed E-state index contributed by atoms with van der Waals surface area (Å²) in [5, 5.41) is 4.92. The number of hydrogen-bond donors (Lipinski definition) is 1. The minimum absolute atomic E-state index is 0.0926. The van der Waals surface area contributed by atoms with Gasteiger partial charge in [0, 0.05) is 24.9 Å². The summed E-state index contributed by atoms with van der Waals surface area (Å²) in [6.45, 7) is 5.15. The average Bonchev–Trinajstić information content (AvgIpc) is 3.03. The van der Waals surface area contributed by atoms with E-state index in [0.29, 0.717) is 36.8 Å². The smallest absolute Gasteiger partial charge is 0.273 e. The lowest BCUT2D eigenvalue weighted by Gasteiger charge is -2.16. The third kappa shape index (κ3) is 4.89. The Morgan fingerprint density at radius 2 is 1.87 bits per heavy atom. The van der Waals surface area contributed by atoms with Gasteiger partial charge in [-0.2, -0.15) is 0 Å². The molecule has 0 saturated heterocycles. The molecule has 0 radical (unpaired) electrons. The fraction of sp³-hybridized carbons (Fsp3) is 0.353. The van der Waals surface area contributed by atoms with Crippen LogP contribution in [-0.4, -0.2) is 34.8 Å². The molecular weight excluding hydrogens is 310 g/mol. The maximum Gasteiger partial charge on any atom is 0.273 e. The molecule has 0 aliphatic carbocycles. The van der Waals surface area contributed by atoms with Gasteiger partial charge < -0.3 is 10.2 Å². The van der Waals surface area contributed by atoms with Crippen molar-refractivity contribution < 1.29 is 9.59 Å². The highest BCUT2D eigenvalue weighted by Crippen LogP contribution is 2.17. The SMILES string of the molecule is CCN(CC)C(=O)c1csc(NC(=O)CCc2ccccc2)n1. The number of nitrogens with zero attached hydrogens (tertiary/aromatic N) is 2. The first-order valence-corrected chi connectivity index (χ1v) is 8.60. The van der Waals surface area contributed by atoms with Gasteiger partial charge in [-0.15, -0.1) is 11.3 Å². The molecule has 0 atom stereocenters. The van der Waals surface area contributed by atoms with Gasteiger partial charge in [-0.05, 0) is 25.8 Å². The fourth-order valence-corrected chi connectivity index (χ4v) is 2.89. The van der Waals surface area contributed by atoms with Crippen molar-refractivity contribution in [3.8, 4) is 0 Å². The molecule has 1 aromatic carbocycles. The molecule has 6 heteroatoms. The minimum Gasteiger partial charge on any atom is -0.338 e. The van der Waals surface area contributed by atoms with Crippen LogP contribution in [0.25, 0.3) is 0 Å². The number of amides is 2. The van der Waals surface area contributed by atoms with Crippen LogP contribution in [-0.2, 0) is 11.2 Å². The van der Waals surface area contributed by atoms with Gasteiger partial charge in [0.1, 0.15) is 5.69 Å². The van der Waals surface area contributed by atoms with Crippen LogP contribution < -0.4 is 5.32 Å². The molecule has 0 aliphatic rings. The highest BCUT2D eigenvalue weighted by molar-refractivity contribution is 7.14. The monoisotopic (exact) mass is 331 g/mol. The molecule has 2 amide bonds. The van der Waals surface area contributed by atoms with E-state index in [0.717, 1.165) is 5.56 Å². The Bertz CT molecular complexity index is 651. The van der Waals surface area contributed by atoms with E-state index in [1.807, 2.05) is 44.2 Å². The Balaban J connectivity index is 1.88. The summed E-state index contributed by atoms with van der Waals surface area (Å²) < 4.78 is 0. The third-order valence-electron chi connectivity index (χ3n) is 3.50. The van der Waals surface area contributed by atoms with Gasteiger partial charge in [-0.3, -0.25) is 9.59 Å². The van der Waals surface area contributed by atoms with Gasteiger partial charge in [0.2, 0.25) is 5.91 Å². The summed E-state index contributed by atoms with van der Waals surface area (Å²) >= 11 is 1.28. The van der Waals surface area contributed by atoms with Gasteiger partial charge in [-0.1, -0.05) is 30.3 Å². The maximum absolute atomic E-state index is 12.2. The van der Waals surface area contributed by atoms with Gasteiger partial charge >= 0.3 is 0 Å². The van der Waals surface area contributed by atoms with Crippen molar-refractivity contribution in [2.45, 2.75) is 26.7 Å². The Labute approximate surface area is 140 Å². The maximum atomic E-state index is 12.2. The van der Waals surface area contributed by atoms with Crippen LogP contribution >= 0.6 is 11.3 Å². The van der Waals surface area contributed by atoms with E-state index in [2.05, 4.69) is 10.3 Å². The van der Waals surface area contributed by atoms with Crippen LogP contribution in [0.5, 0.6) is 0 Å². The minimum atomic E-state index is -0.101. The van der Waals surface area contributed by atoms with Crippen molar-refractivity contribution in [1.82, 2.24) is 9.88 Å². The molecule has 0 spiro atoms. The fourth-order valence-electron chi connectivity index (χ4n) is 2.19. The summed E-state index contributed by atoms with van der Waals surface area (Å²) in [5.41, 5.74) is 1.51. The van der Waals surface area contributed by atoms with E-state index in [1.165, 1.54) is 11.3 Å². The van der Waals surface area contributed by atoms with Crippen molar-refractivity contribution in [1.29, 1.82) is 0 Å². The zero-order valence-electron chi connectivity index (χ0n) is 13.4. The predicted molar refractivity (Wildman–Crippen MR) is 92.8 cm³/mol. The van der Waals surface area contributed by atoms with Crippen molar-refractivity contribution >= 4 is 28.3 Å². The first-order valence-electron chi connectivity index (χ1n) is 7.72. The normalized spacial score (nSPS) is 10.3. The van der Waals surface area contributed by atoms with Crippen LogP contribution in [0.3, 0.4) is 0 Å². The van der Waals surface area contributed by atoms with Crippen molar-refractivity contribution in [3.05, 3.63) is 47.0 Å². The summed E-state index contributed by atoms with van der Waals surface area (Å²) in [5.74, 6) is -0.193. The third-order valence-corrected chi connectivity index (χ3v) is 4.26. The van der Waals surface area contributed by atoms with Crippen LogP contribution in [0.2, 0.25) is 0 Å². The van der Waals surface area contributed by atoms with Gasteiger partial charge in [0.15, 0.2) is 5.13 Å². The molecule has 1 N–H and O–H groups in total. The first kappa shape index (κ1) is 17.1. The molecule has 1 aromatic heterocycles. The zero-order valence-corrected chi connectivity index (χ0v) is 14.2. The highest BCUT2D eigenvalue weighted by atomic mass is 32.1. The van der Waals surface area contributed by atoms with E-state index in [1.54, 1.807) is 10.3 Å². The number of rotatable bonds is 7. The van der Waals surface area contributed by atoms with Crippen LogP contribution in [0.1, 0.15) is 36.3 Å². The lowest BCUT2D eigenvalue weighted by atomic mass is 10.1. The van der Waals surface area contributed by atoms with Crippen molar-refractivity contribution in [3.63, 3.8) is 0 Å². The summed E-state index contributed by atoms with van der Waals surface area (Å²) in [4.78, 5) is 30.1. The van der Waals surface area contributed by atoms with E-state index in [9.17, 15) is 9.59 Å². The standard InChI is InChI=1S/C17H21N3O2S/c1-3-20(4-2)16(22)14-12-23-17(18-14)19-15(21)11-10-13-8-6-5-7-9-13/h5-9,12H,3-4,10-11H2,1-2H3,(H,18,19,21). The van der Waals surface area contributed by atoms with Crippen LogP contribution in [0.15, 0.2) is 35.7 Å². The van der Waals surface area contributed by atoms with Crippen LogP contribution in [0.4, 0.5) is 5.13 Å². The largest absolute Gasteiger partial charge is 0.338 e. The molecule has 5 nitrogen and oxygen atoms in total. The molecule has 0 bridgehead atoms. The summed E-state index contributed by atoms with van der Waals surface area (Å²) in [6.07, 6.45) is 1.08. The second kappa shape index (κ2) is 8.43. The predicted octanol–water partition coefficient (Wildman–Crippen LogP) is 3.20. The van der Waals surface area contributed by atoms with E-state index < -0.39 is 0 Å². The number of carbonyl (C=O) groups is 2. The summed E-state index contributed by atoms with van der Waals surface area (Å²) in [7, 11) is 0. The van der Waals surface area contributed by atoms with Crippen molar-refractivity contribution in [2.24, 2.45) is 0 Å². The molecule has 0 unspecified atom stereocenters. The van der Waals surface area contributed by atoms with E-state index >= 15 is 0 Å². The molecule has 0 saturated carbocycles. The van der Waals surface area contributed by atoms with Crippen LogP contribution in [0, 0.1) is 0 Å².